The van der Waals surface area contributed by atoms with Crippen molar-refractivity contribution in [1.29, 1.82) is 0 Å². The Morgan fingerprint density at radius 3 is 2.76 bits per heavy atom. The zero-order chi connectivity index (χ0) is 14.7. The third-order valence-corrected chi connectivity index (χ3v) is 4.65. The van der Waals surface area contributed by atoms with Gasteiger partial charge < -0.3 is 10.2 Å². The zero-order valence-electron chi connectivity index (χ0n) is 12.7. The summed E-state index contributed by atoms with van der Waals surface area (Å²) in [5, 5.41) is 3.32. The average Bonchev–Trinajstić information content (AvgIpc) is 2.94. The van der Waals surface area contributed by atoms with Crippen LogP contribution in [0.4, 0.5) is 0 Å². The molecule has 21 heavy (non-hydrogen) atoms. The van der Waals surface area contributed by atoms with Gasteiger partial charge in [0.05, 0.1) is 5.92 Å². The van der Waals surface area contributed by atoms with Crippen LogP contribution in [0.3, 0.4) is 0 Å². The SMILES string of the molecule is CC1CNCC1C(=O)N1CCN(Cc2cccnc2)CC1. The minimum atomic E-state index is 0.176. The van der Waals surface area contributed by atoms with Gasteiger partial charge in [-0.25, -0.2) is 0 Å². The van der Waals surface area contributed by atoms with Crippen LogP contribution < -0.4 is 5.32 Å². The summed E-state index contributed by atoms with van der Waals surface area (Å²) >= 11 is 0. The van der Waals surface area contributed by atoms with E-state index < -0.39 is 0 Å². The largest absolute Gasteiger partial charge is 0.340 e. The number of piperazine rings is 1. The minimum Gasteiger partial charge on any atom is -0.340 e. The third kappa shape index (κ3) is 3.41. The summed E-state index contributed by atoms with van der Waals surface area (Å²) < 4.78 is 0. The van der Waals surface area contributed by atoms with E-state index >= 15 is 0 Å². The van der Waals surface area contributed by atoms with Gasteiger partial charge in [0.2, 0.25) is 5.91 Å². The molecule has 5 nitrogen and oxygen atoms in total. The van der Waals surface area contributed by atoms with Crippen LogP contribution in [0.2, 0.25) is 0 Å². The second kappa shape index (κ2) is 6.54. The first-order valence-electron chi connectivity index (χ1n) is 7.85. The van der Waals surface area contributed by atoms with Crippen LogP contribution in [0.15, 0.2) is 24.5 Å². The highest BCUT2D eigenvalue weighted by molar-refractivity contribution is 5.79. The molecule has 2 aliphatic rings. The molecule has 3 heterocycles. The summed E-state index contributed by atoms with van der Waals surface area (Å²) in [6, 6.07) is 4.08. The molecule has 1 N–H and O–H groups in total. The lowest BCUT2D eigenvalue weighted by Crippen LogP contribution is -2.50. The lowest BCUT2D eigenvalue weighted by atomic mass is 9.96. The van der Waals surface area contributed by atoms with E-state index in [4.69, 9.17) is 0 Å². The van der Waals surface area contributed by atoms with Crippen molar-refractivity contribution < 1.29 is 4.79 Å². The lowest BCUT2D eigenvalue weighted by Gasteiger charge is -2.36. The fourth-order valence-electron chi connectivity index (χ4n) is 3.25. The average molecular weight is 288 g/mol. The van der Waals surface area contributed by atoms with E-state index in [0.29, 0.717) is 11.8 Å². The molecule has 1 aromatic heterocycles. The number of hydrogen-bond acceptors (Lipinski definition) is 4. The summed E-state index contributed by atoms with van der Waals surface area (Å²) in [4.78, 5) is 21.1. The van der Waals surface area contributed by atoms with E-state index in [1.807, 2.05) is 17.2 Å². The molecule has 1 amide bonds. The van der Waals surface area contributed by atoms with Crippen molar-refractivity contribution in [2.75, 3.05) is 39.3 Å². The summed E-state index contributed by atoms with van der Waals surface area (Å²) in [5.41, 5.74) is 1.24. The Balaban J connectivity index is 1.50. The van der Waals surface area contributed by atoms with E-state index in [1.165, 1.54) is 5.56 Å². The Bertz CT molecular complexity index is 470. The Kier molecular flexibility index (Phi) is 4.51. The van der Waals surface area contributed by atoms with Gasteiger partial charge >= 0.3 is 0 Å². The van der Waals surface area contributed by atoms with E-state index in [9.17, 15) is 4.79 Å². The van der Waals surface area contributed by atoms with Crippen molar-refractivity contribution >= 4 is 5.91 Å². The van der Waals surface area contributed by atoms with Gasteiger partial charge in [-0.1, -0.05) is 13.0 Å². The normalized spacial score (nSPS) is 27.0. The maximum atomic E-state index is 12.5. The highest BCUT2D eigenvalue weighted by Gasteiger charge is 2.33. The van der Waals surface area contributed by atoms with Crippen LogP contribution in [0.5, 0.6) is 0 Å². The van der Waals surface area contributed by atoms with Crippen LogP contribution in [-0.2, 0) is 11.3 Å². The predicted octanol–water partition coefficient (Wildman–Crippen LogP) is 0.581. The van der Waals surface area contributed by atoms with Gasteiger partial charge in [0.1, 0.15) is 0 Å². The van der Waals surface area contributed by atoms with Crippen LogP contribution in [0, 0.1) is 11.8 Å². The molecule has 0 spiro atoms. The summed E-state index contributed by atoms with van der Waals surface area (Å²) in [6.45, 7) is 8.51. The molecule has 2 atom stereocenters. The molecular formula is C16H24N4O. The first-order valence-corrected chi connectivity index (χ1v) is 7.85. The molecule has 5 heteroatoms. The molecule has 114 valence electrons. The summed E-state index contributed by atoms with van der Waals surface area (Å²) in [6.07, 6.45) is 3.72. The van der Waals surface area contributed by atoms with Crippen LogP contribution in [-0.4, -0.2) is 60.0 Å². The van der Waals surface area contributed by atoms with Gasteiger partial charge in [-0.05, 0) is 24.1 Å². The maximum absolute atomic E-state index is 12.5. The molecule has 1 aromatic rings. The van der Waals surface area contributed by atoms with E-state index in [-0.39, 0.29) is 5.92 Å². The number of hydrogen-bond donors (Lipinski definition) is 1. The molecule has 0 saturated carbocycles. The molecule has 2 aliphatic heterocycles. The molecule has 2 fully saturated rings. The molecule has 2 unspecified atom stereocenters. The van der Waals surface area contributed by atoms with Crippen LogP contribution >= 0.6 is 0 Å². The smallest absolute Gasteiger partial charge is 0.227 e. The number of rotatable bonds is 3. The van der Waals surface area contributed by atoms with Crippen LogP contribution in [0.25, 0.3) is 0 Å². The van der Waals surface area contributed by atoms with Crippen molar-refractivity contribution in [1.82, 2.24) is 20.1 Å². The van der Waals surface area contributed by atoms with E-state index in [1.54, 1.807) is 6.20 Å². The number of nitrogens with one attached hydrogen (secondary N) is 1. The zero-order valence-corrected chi connectivity index (χ0v) is 12.7. The number of pyridine rings is 1. The predicted molar refractivity (Wildman–Crippen MR) is 81.6 cm³/mol. The standard InChI is InChI=1S/C16H24N4O/c1-13-9-18-11-15(13)16(21)20-7-5-19(6-8-20)12-14-3-2-4-17-10-14/h2-4,10,13,15,18H,5-9,11-12H2,1H3. The lowest BCUT2D eigenvalue weighted by molar-refractivity contribution is -0.137. The van der Waals surface area contributed by atoms with Crippen molar-refractivity contribution in [3.8, 4) is 0 Å². The summed E-state index contributed by atoms with van der Waals surface area (Å²) in [7, 11) is 0. The molecule has 2 saturated heterocycles. The topological polar surface area (TPSA) is 48.5 Å². The molecule has 0 aromatic carbocycles. The van der Waals surface area contributed by atoms with Crippen molar-refractivity contribution in [2.45, 2.75) is 13.5 Å². The number of amides is 1. The van der Waals surface area contributed by atoms with Gasteiger partial charge in [-0.15, -0.1) is 0 Å². The van der Waals surface area contributed by atoms with Gasteiger partial charge in [0.15, 0.2) is 0 Å². The maximum Gasteiger partial charge on any atom is 0.227 e. The summed E-state index contributed by atoms with van der Waals surface area (Å²) in [5.74, 6) is 0.981. The van der Waals surface area contributed by atoms with Crippen molar-refractivity contribution in [2.24, 2.45) is 11.8 Å². The Hall–Kier alpha value is -1.46. The second-order valence-corrected chi connectivity index (χ2v) is 6.20. The first-order chi connectivity index (χ1) is 10.2. The van der Waals surface area contributed by atoms with Crippen molar-refractivity contribution in [3.05, 3.63) is 30.1 Å². The molecule has 3 rings (SSSR count). The Morgan fingerprint density at radius 1 is 1.33 bits per heavy atom. The van der Waals surface area contributed by atoms with E-state index in [2.05, 4.69) is 28.2 Å². The highest BCUT2D eigenvalue weighted by atomic mass is 16.2. The molecule has 0 bridgehead atoms. The molecular weight excluding hydrogens is 264 g/mol. The molecule has 0 aliphatic carbocycles. The quantitative estimate of drug-likeness (QED) is 0.884. The van der Waals surface area contributed by atoms with Gasteiger partial charge in [0.25, 0.3) is 0 Å². The van der Waals surface area contributed by atoms with E-state index in [0.717, 1.165) is 45.8 Å². The van der Waals surface area contributed by atoms with Gasteiger partial charge in [0, 0.05) is 51.7 Å². The van der Waals surface area contributed by atoms with Gasteiger partial charge in [-0.3, -0.25) is 14.7 Å². The third-order valence-electron chi connectivity index (χ3n) is 4.65. The minimum absolute atomic E-state index is 0.176. The second-order valence-electron chi connectivity index (χ2n) is 6.20. The number of aromatic nitrogens is 1. The number of carbonyl (C=O) groups is 1. The fraction of sp³-hybridized carbons (Fsp3) is 0.625. The first kappa shape index (κ1) is 14.5. The monoisotopic (exact) mass is 288 g/mol. The number of carbonyl (C=O) groups excluding carboxylic acids is 1. The van der Waals surface area contributed by atoms with Gasteiger partial charge in [-0.2, -0.15) is 0 Å². The van der Waals surface area contributed by atoms with Crippen LogP contribution in [0.1, 0.15) is 12.5 Å². The van der Waals surface area contributed by atoms with Crippen molar-refractivity contribution in [3.63, 3.8) is 0 Å². The fourth-order valence-corrected chi connectivity index (χ4v) is 3.25. The Labute approximate surface area is 126 Å². The number of nitrogens with zero attached hydrogens (tertiary/aromatic N) is 3. The molecule has 0 radical (unpaired) electrons. The highest BCUT2D eigenvalue weighted by Crippen LogP contribution is 2.19. The Morgan fingerprint density at radius 2 is 2.14 bits per heavy atom.